The third kappa shape index (κ3) is 1.97. The lowest BCUT2D eigenvalue weighted by Crippen LogP contribution is -2.32. The standard InChI is InChI=1S/C9H15N2O/c12-9(8-3-4-10-6-8)11-5-7-1-2-7/h7-8H,1-6H2,(H,11,12). The lowest BCUT2D eigenvalue weighted by atomic mass is 10.1. The number of carbonyl (C=O) groups is 1. The lowest BCUT2D eigenvalue weighted by Gasteiger charge is -2.08. The summed E-state index contributed by atoms with van der Waals surface area (Å²) in [6, 6.07) is 0. The first-order chi connectivity index (χ1) is 5.86. The number of hydrogen-bond donors (Lipinski definition) is 1. The van der Waals surface area contributed by atoms with Gasteiger partial charge >= 0.3 is 0 Å². The molecule has 0 aromatic rings. The van der Waals surface area contributed by atoms with Crippen molar-refractivity contribution in [3.05, 3.63) is 0 Å². The molecule has 67 valence electrons. The molecule has 2 aliphatic rings. The van der Waals surface area contributed by atoms with E-state index in [2.05, 4.69) is 10.6 Å². The minimum atomic E-state index is 0.184. The Hall–Kier alpha value is -0.570. The van der Waals surface area contributed by atoms with Crippen molar-refractivity contribution < 1.29 is 4.79 Å². The monoisotopic (exact) mass is 167 g/mol. The van der Waals surface area contributed by atoms with Gasteiger partial charge in [0.2, 0.25) is 5.91 Å². The number of rotatable bonds is 3. The summed E-state index contributed by atoms with van der Waals surface area (Å²) in [6.45, 7) is 2.52. The van der Waals surface area contributed by atoms with Crippen molar-refractivity contribution >= 4 is 5.91 Å². The molecule has 1 radical (unpaired) electrons. The summed E-state index contributed by atoms with van der Waals surface area (Å²) in [6.07, 6.45) is 3.56. The number of amides is 1. The van der Waals surface area contributed by atoms with Gasteiger partial charge in [0, 0.05) is 19.6 Å². The largest absolute Gasteiger partial charge is 0.356 e. The number of nitrogens with one attached hydrogen (secondary N) is 1. The predicted octanol–water partition coefficient (Wildman–Crippen LogP) is 0.137. The molecule has 0 aromatic heterocycles. The Bertz CT molecular complexity index is 171. The van der Waals surface area contributed by atoms with Crippen LogP contribution in [0.15, 0.2) is 0 Å². The van der Waals surface area contributed by atoms with Crippen LogP contribution < -0.4 is 10.6 Å². The summed E-state index contributed by atoms with van der Waals surface area (Å²) >= 11 is 0. The van der Waals surface area contributed by atoms with Crippen LogP contribution in [0.25, 0.3) is 0 Å². The van der Waals surface area contributed by atoms with Gasteiger partial charge in [-0.3, -0.25) is 4.79 Å². The van der Waals surface area contributed by atoms with Gasteiger partial charge in [-0.15, -0.1) is 0 Å². The van der Waals surface area contributed by atoms with E-state index in [-0.39, 0.29) is 11.8 Å². The van der Waals surface area contributed by atoms with Gasteiger partial charge in [0.25, 0.3) is 0 Å². The smallest absolute Gasteiger partial charge is 0.224 e. The van der Waals surface area contributed by atoms with Crippen molar-refractivity contribution in [2.24, 2.45) is 11.8 Å². The van der Waals surface area contributed by atoms with Crippen LogP contribution in [0.5, 0.6) is 0 Å². The number of carbonyl (C=O) groups excluding carboxylic acids is 1. The molecule has 1 aliphatic carbocycles. The van der Waals surface area contributed by atoms with E-state index in [0.717, 1.165) is 32.0 Å². The molecule has 2 fully saturated rings. The quantitative estimate of drug-likeness (QED) is 0.638. The minimum Gasteiger partial charge on any atom is -0.356 e. The zero-order valence-corrected chi connectivity index (χ0v) is 7.25. The van der Waals surface area contributed by atoms with Gasteiger partial charge < -0.3 is 5.32 Å². The molecule has 0 spiro atoms. The fourth-order valence-electron chi connectivity index (χ4n) is 1.51. The van der Waals surface area contributed by atoms with Crippen molar-refractivity contribution in [3.8, 4) is 0 Å². The number of hydrogen-bond acceptors (Lipinski definition) is 1. The highest BCUT2D eigenvalue weighted by Gasteiger charge is 2.26. The molecule has 0 aromatic carbocycles. The average Bonchev–Trinajstić information content (AvgIpc) is 2.74. The van der Waals surface area contributed by atoms with Gasteiger partial charge in [-0.25, -0.2) is 5.32 Å². The molecule has 1 atom stereocenters. The molecule has 1 amide bonds. The molecule has 1 saturated carbocycles. The Labute approximate surface area is 72.9 Å². The third-order valence-electron chi connectivity index (χ3n) is 2.62. The first kappa shape index (κ1) is 8.05. The highest BCUT2D eigenvalue weighted by atomic mass is 16.1. The zero-order chi connectivity index (χ0) is 8.39. The molecule has 1 aliphatic heterocycles. The summed E-state index contributed by atoms with van der Waals surface area (Å²) in [7, 11) is 0. The maximum Gasteiger partial charge on any atom is 0.224 e. The molecule has 1 unspecified atom stereocenters. The molecule has 1 heterocycles. The highest BCUT2D eigenvalue weighted by Crippen LogP contribution is 2.27. The maximum absolute atomic E-state index is 11.4. The first-order valence-corrected chi connectivity index (χ1v) is 4.77. The van der Waals surface area contributed by atoms with E-state index in [9.17, 15) is 4.79 Å². The highest BCUT2D eigenvalue weighted by molar-refractivity contribution is 5.79. The fourth-order valence-corrected chi connectivity index (χ4v) is 1.51. The predicted molar refractivity (Wildman–Crippen MR) is 45.7 cm³/mol. The maximum atomic E-state index is 11.4. The molecular weight excluding hydrogens is 152 g/mol. The summed E-state index contributed by atoms with van der Waals surface area (Å²) in [5.41, 5.74) is 0. The summed E-state index contributed by atoms with van der Waals surface area (Å²) in [4.78, 5) is 11.4. The minimum absolute atomic E-state index is 0.184. The number of nitrogens with zero attached hydrogens (tertiary/aromatic N) is 1. The van der Waals surface area contributed by atoms with E-state index < -0.39 is 0 Å². The molecular formula is C9H15N2O. The molecule has 3 heteroatoms. The second kappa shape index (κ2) is 3.44. The summed E-state index contributed by atoms with van der Waals surface area (Å²) < 4.78 is 0. The Kier molecular flexibility index (Phi) is 2.30. The van der Waals surface area contributed by atoms with E-state index >= 15 is 0 Å². The van der Waals surface area contributed by atoms with Crippen molar-refractivity contribution in [2.45, 2.75) is 19.3 Å². The second-order valence-corrected chi connectivity index (χ2v) is 3.80. The average molecular weight is 167 g/mol. The van der Waals surface area contributed by atoms with Crippen molar-refractivity contribution in [2.75, 3.05) is 19.6 Å². The van der Waals surface area contributed by atoms with Gasteiger partial charge in [0.05, 0.1) is 5.92 Å². The van der Waals surface area contributed by atoms with Crippen molar-refractivity contribution in [1.29, 1.82) is 0 Å². The van der Waals surface area contributed by atoms with Gasteiger partial charge in [0.15, 0.2) is 0 Å². The lowest BCUT2D eigenvalue weighted by molar-refractivity contribution is -0.124. The van der Waals surface area contributed by atoms with Crippen LogP contribution >= 0.6 is 0 Å². The topological polar surface area (TPSA) is 43.2 Å². The van der Waals surface area contributed by atoms with E-state index in [1.165, 1.54) is 12.8 Å². The van der Waals surface area contributed by atoms with Crippen LogP contribution in [0.2, 0.25) is 0 Å². The van der Waals surface area contributed by atoms with E-state index in [4.69, 9.17) is 0 Å². The van der Waals surface area contributed by atoms with Crippen LogP contribution in [0.1, 0.15) is 19.3 Å². The fraction of sp³-hybridized carbons (Fsp3) is 0.889. The van der Waals surface area contributed by atoms with Crippen LogP contribution in [-0.2, 0) is 4.79 Å². The van der Waals surface area contributed by atoms with E-state index in [1.54, 1.807) is 0 Å². The Morgan fingerprint density at radius 2 is 2.25 bits per heavy atom. The van der Waals surface area contributed by atoms with Gasteiger partial charge in [0.1, 0.15) is 0 Å². The van der Waals surface area contributed by atoms with Gasteiger partial charge in [-0.05, 0) is 25.2 Å². The molecule has 2 rings (SSSR count). The van der Waals surface area contributed by atoms with E-state index in [1.807, 2.05) is 0 Å². The van der Waals surface area contributed by atoms with Crippen LogP contribution in [-0.4, -0.2) is 25.5 Å². The van der Waals surface area contributed by atoms with Crippen molar-refractivity contribution in [3.63, 3.8) is 0 Å². The summed E-state index contributed by atoms with van der Waals surface area (Å²) in [5, 5.41) is 7.16. The second-order valence-electron chi connectivity index (χ2n) is 3.80. The zero-order valence-electron chi connectivity index (χ0n) is 7.25. The molecule has 12 heavy (non-hydrogen) atoms. The normalized spacial score (nSPS) is 28.8. The first-order valence-electron chi connectivity index (χ1n) is 4.77. The van der Waals surface area contributed by atoms with Gasteiger partial charge in [-0.2, -0.15) is 0 Å². The summed E-state index contributed by atoms with van der Waals surface area (Å²) in [5.74, 6) is 1.19. The Balaban J connectivity index is 1.67. The van der Waals surface area contributed by atoms with Crippen LogP contribution in [0, 0.1) is 11.8 Å². The van der Waals surface area contributed by atoms with Crippen molar-refractivity contribution in [1.82, 2.24) is 10.6 Å². The Morgan fingerprint density at radius 1 is 1.42 bits per heavy atom. The molecule has 3 nitrogen and oxygen atoms in total. The molecule has 1 saturated heterocycles. The Morgan fingerprint density at radius 3 is 2.83 bits per heavy atom. The third-order valence-corrected chi connectivity index (χ3v) is 2.62. The van der Waals surface area contributed by atoms with Gasteiger partial charge in [-0.1, -0.05) is 0 Å². The van der Waals surface area contributed by atoms with Crippen LogP contribution in [0.3, 0.4) is 0 Å². The van der Waals surface area contributed by atoms with Crippen LogP contribution in [0.4, 0.5) is 0 Å². The molecule has 1 N–H and O–H groups in total. The van der Waals surface area contributed by atoms with E-state index in [0.29, 0.717) is 0 Å². The SMILES string of the molecule is O=C(NCC1CC1)C1CC[N]C1. The molecule has 0 bridgehead atoms.